The van der Waals surface area contributed by atoms with Crippen LogP contribution >= 0.6 is 11.3 Å². The minimum absolute atomic E-state index is 0.189. The van der Waals surface area contributed by atoms with Gasteiger partial charge in [-0.05, 0) is 35.4 Å². The van der Waals surface area contributed by atoms with E-state index in [1.807, 2.05) is 23.6 Å². The highest BCUT2D eigenvalue weighted by Crippen LogP contribution is 2.35. The number of hydrogen-bond acceptors (Lipinski definition) is 7. The number of alkyl halides is 3. The average Bonchev–Trinajstić information content (AvgIpc) is 3.27. The van der Waals surface area contributed by atoms with Crippen LogP contribution < -0.4 is 16.0 Å². The third kappa shape index (κ3) is 6.00. The van der Waals surface area contributed by atoms with Gasteiger partial charge in [-0.1, -0.05) is 12.1 Å². The fraction of sp³-hybridized carbons (Fsp3) is 0.136. The number of nitrogens with two attached hydrogens (primary N) is 1. The summed E-state index contributed by atoms with van der Waals surface area (Å²) in [5, 5.41) is 13.9. The Morgan fingerprint density at radius 3 is 2.46 bits per heavy atom. The van der Waals surface area contributed by atoms with Crippen LogP contribution in [0.15, 0.2) is 59.0 Å². The average molecular weight is 506 g/mol. The maximum absolute atomic E-state index is 12.7. The van der Waals surface area contributed by atoms with Gasteiger partial charge in [0.05, 0.1) is 5.39 Å². The quantitative estimate of drug-likeness (QED) is 0.423. The van der Waals surface area contributed by atoms with Crippen molar-refractivity contribution in [2.45, 2.75) is 12.8 Å². The Hall–Kier alpha value is -4.26. The molecule has 182 valence electrons. The first kappa shape index (κ1) is 25.4. The molecule has 0 aliphatic heterocycles. The van der Waals surface area contributed by atoms with Crippen molar-refractivity contribution in [2.24, 2.45) is 12.8 Å². The first-order valence-corrected chi connectivity index (χ1v) is 10.6. The maximum atomic E-state index is 12.7. The van der Waals surface area contributed by atoms with Crippen LogP contribution in [0.3, 0.4) is 0 Å². The summed E-state index contributed by atoms with van der Waals surface area (Å²) in [5.74, 6) is -2.89. The summed E-state index contributed by atoms with van der Waals surface area (Å²) in [6.45, 7) is 0.198. The zero-order valence-corrected chi connectivity index (χ0v) is 18.8. The Morgan fingerprint density at radius 2 is 1.86 bits per heavy atom. The van der Waals surface area contributed by atoms with Crippen molar-refractivity contribution < 1.29 is 32.6 Å². The minimum Gasteiger partial charge on any atom is -0.475 e. The number of carboxylic acid groups (broad SMARTS) is 1. The molecule has 3 heterocycles. The Bertz CT molecular complexity index is 1430. The van der Waals surface area contributed by atoms with Crippen molar-refractivity contribution in [1.82, 2.24) is 14.8 Å². The second-order valence-corrected chi connectivity index (χ2v) is 7.86. The standard InChI is InChI=1S/C20H16N4O3S.C2HF3O2/c1-24-20(26)16-15(13-5-7-22-8-6-13)11-28-17(16)19(23-24)27-10-12-3-2-4-14(9-12)18(21)25;3-2(4,5)1(6)7/h2-9,11H,10H2,1H3,(H2,21,25);(H,6,7). The molecule has 0 aliphatic carbocycles. The molecule has 3 aromatic heterocycles. The smallest absolute Gasteiger partial charge is 0.475 e. The van der Waals surface area contributed by atoms with Crippen molar-refractivity contribution in [3.63, 3.8) is 0 Å². The van der Waals surface area contributed by atoms with Crippen LogP contribution in [0.25, 0.3) is 21.2 Å². The fourth-order valence-corrected chi connectivity index (χ4v) is 3.93. The number of thiophene rings is 1. The van der Waals surface area contributed by atoms with Gasteiger partial charge in [0, 0.05) is 35.9 Å². The van der Waals surface area contributed by atoms with Crippen LogP contribution in [0.4, 0.5) is 13.2 Å². The number of fused-ring (bicyclic) bond motifs is 1. The van der Waals surface area contributed by atoms with E-state index in [4.69, 9.17) is 20.4 Å². The number of nitrogens with zero attached hydrogens (tertiary/aromatic N) is 3. The number of amides is 1. The normalized spacial score (nSPS) is 11.0. The van der Waals surface area contributed by atoms with Crippen molar-refractivity contribution in [3.05, 3.63) is 75.7 Å². The summed E-state index contributed by atoms with van der Waals surface area (Å²) in [6.07, 6.45) is -1.71. The maximum Gasteiger partial charge on any atom is 0.490 e. The number of carbonyl (C=O) groups excluding carboxylic acids is 1. The summed E-state index contributed by atoms with van der Waals surface area (Å²) in [6, 6.07) is 10.6. The van der Waals surface area contributed by atoms with Gasteiger partial charge in [-0.25, -0.2) is 9.48 Å². The number of aromatic nitrogens is 3. The molecule has 13 heteroatoms. The van der Waals surface area contributed by atoms with E-state index >= 15 is 0 Å². The van der Waals surface area contributed by atoms with Crippen LogP contribution in [0.5, 0.6) is 5.88 Å². The van der Waals surface area contributed by atoms with Crippen molar-refractivity contribution in [1.29, 1.82) is 0 Å². The van der Waals surface area contributed by atoms with E-state index < -0.39 is 18.1 Å². The molecule has 1 aromatic carbocycles. The molecule has 0 saturated heterocycles. The molecule has 4 aromatic rings. The van der Waals surface area contributed by atoms with Gasteiger partial charge in [0.2, 0.25) is 11.8 Å². The van der Waals surface area contributed by atoms with E-state index in [1.54, 1.807) is 37.6 Å². The molecular weight excluding hydrogens is 489 g/mol. The van der Waals surface area contributed by atoms with E-state index in [0.717, 1.165) is 16.7 Å². The molecule has 0 saturated carbocycles. The zero-order valence-electron chi connectivity index (χ0n) is 17.9. The number of primary amides is 1. The van der Waals surface area contributed by atoms with Gasteiger partial charge in [0.1, 0.15) is 11.3 Å². The van der Waals surface area contributed by atoms with Crippen molar-refractivity contribution >= 4 is 33.3 Å². The number of benzene rings is 1. The SMILES string of the molecule is Cn1nc(OCc2cccc(C(N)=O)c2)c2scc(-c3ccncc3)c2c1=O.O=C(O)C(F)(F)F. The molecule has 1 amide bonds. The molecule has 0 atom stereocenters. The van der Waals surface area contributed by atoms with E-state index in [2.05, 4.69) is 10.1 Å². The highest BCUT2D eigenvalue weighted by Gasteiger charge is 2.38. The third-order valence-corrected chi connectivity index (χ3v) is 5.52. The predicted molar refractivity (Wildman–Crippen MR) is 121 cm³/mol. The number of carboxylic acids is 1. The number of halogens is 3. The minimum atomic E-state index is -5.08. The predicted octanol–water partition coefficient (Wildman–Crippen LogP) is 3.37. The molecule has 35 heavy (non-hydrogen) atoms. The molecule has 9 nitrogen and oxygen atoms in total. The summed E-state index contributed by atoms with van der Waals surface area (Å²) < 4.78 is 39.6. The van der Waals surface area contributed by atoms with Gasteiger partial charge in [-0.3, -0.25) is 14.6 Å². The lowest BCUT2D eigenvalue weighted by molar-refractivity contribution is -0.192. The van der Waals surface area contributed by atoms with Crippen LogP contribution in [0, 0.1) is 0 Å². The first-order valence-electron chi connectivity index (χ1n) is 9.69. The number of carbonyl (C=O) groups is 2. The number of aryl methyl sites for hydroxylation is 1. The second-order valence-electron chi connectivity index (χ2n) is 6.98. The number of hydrogen-bond donors (Lipinski definition) is 2. The fourth-order valence-electron chi connectivity index (χ4n) is 2.92. The Labute approximate surface area is 199 Å². The molecule has 0 bridgehead atoms. The summed E-state index contributed by atoms with van der Waals surface area (Å²) >= 11 is 1.41. The van der Waals surface area contributed by atoms with E-state index in [-0.39, 0.29) is 12.2 Å². The second kappa shape index (κ2) is 10.3. The lowest BCUT2D eigenvalue weighted by atomic mass is 10.1. The zero-order chi connectivity index (χ0) is 25.8. The Morgan fingerprint density at radius 1 is 1.20 bits per heavy atom. The van der Waals surface area contributed by atoms with Gasteiger partial charge in [0.25, 0.3) is 5.56 Å². The Kier molecular flexibility index (Phi) is 7.49. The molecule has 3 N–H and O–H groups in total. The van der Waals surface area contributed by atoms with Crippen LogP contribution in [-0.4, -0.2) is 37.9 Å². The number of rotatable bonds is 5. The molecule has 4 rings (SSSR count). The summed E-state index contributed by atoms with van der Waals surface area (Å²) in [7, 11) is 1.59. The van der Waals surface area contributed by atoms with Crippen LogP contribution in [0.1, 0.15) is 15.9 Å². The van der Waals surface area contributed by atoms with E-state index in [1.165, 1.54) is 16.0 Å². The van der Waals surface area contributed by atoms with Gasteiger partial charge >= 0.3 is 12.1 Å². The molecule has 0 spiro atoms. The first-order chi connectivity index (χ1) is 16.5. The van der Waals surface area contributed by atoms with Crippen LogP contribution in [-0.2, 0) is 18.4 Å². The molecular formula is C22H17F3N4O5S. The Balaban J connectivity index is 0.000000429. The number of pyridine rings is 1. The lowest BCUT2D eigenvalue weighted by Crippen LogP contribution is -2.21. The summed E-state index contributed by atoms with van der Waals surface area (Å²) in [5.41, 5.74) is 8.07. The lowest BCUT2D eigenvalue weighted by Gasteiger charge is -2.09. The van der Waals surface area contributed by atoms with Crippen molar-refractivity contribution in [2.75, 3.05) is 0 Å². The molecule has 0 aliphatic rings. The van der Waals surface area contributed by atoms with Gasteiger partial charge < -0.3 is 15.6 Å². The van der Waals surface area contributed by atoms with Gasteiger partial charge in [-0.15, -0.1) is 16.4 Å². The summed E-state index contributed by atoms with van der Waals surface area (Å²) in [4.78, 5) is 37.0. The van der Waals surface area contributed by atoms with E-state index in [9.17, 15) is 22.8 Å². The third-order valence-electron chi connectivity index (χ3n) is 4.55. The van der Waals surface area contributed by atoms with Gasteiger partial charge in [-0.2, -0.15) is 13.2 Å². The largest absolute Gasteiger partial charge is 0.490 e. The highest BCUT2D eigenvalue weighted by atomic mass is 32.1. The molecule has 0 radical (unpaired) electrons. The van der Waals surface area contributed by atoms with Crippen LogP contribution in [0.2, 0.25) is 0 Å². The van der Waals surface area contributed by atoms with E-state index in [0.29, 0.717) is 21.5 Å². The number of aliphatic carboxylic acids is 1. The van der Waals surface area contributed by atoms with Gasteiger partial charge in [0.15, 0.2) is 0 Å². The number of ether oxygens (including phenoxy) is 1. The monoisotopic (exact) mass is 506 g/mol. The molecule has 0 fully saturated rings. The molecule has 0 unspecified atom stereocenters. The topological polar surface area (TPSA) is 137 Å². The van der Waals surface area contributed by atoms with Crippen molar-refractivity contribution in [3.8, 4) is 17.0 Å². The highest BCUT2D eigenvalue weighted by molar-refractivity contribution is 7.18.